The Labute approximate surface area is 185 Å². The Hall–Kier alpha value is -2.07. The normalized spacial score (nSPS) is 30.6. The number of para-hydroxylation sites is 1. The number of nitrogens with zero attached hydrogens (tertiary/aromatic N) is 3. The van der Waals surface area contributed by atoms with E-state index in [2.05, 4.69) is 58.0 Å². The Morgan fingerprint density at radius 1 is 1.13 bits per heavy atom. The highest BCUT2D eigenvalue weighted by Crippen LogP contribution is 2.45. The predicted molar refractivity (Wildman–Crippen MR) is 125 cm³/mol. The van der Waals surface area contributed by atoms with Crippen LogP contribution in [-0.4, -0.2) is 52.0 Å². The first-order valence-corrected chi connectivity index (χ1v) is 12.5. The van der Waals surface area contributed by atoms with Gasteiger partial charge in [0.25, 0.3) is 0 Å². The molecule has 0 unspecified atom stereocenters. The molecular formula is C27H35N3O. The number of aromatic nitrogens is 1. The van der Waals surface area contributed by atoms with Crippen LogP contribution < -0.4 is 0 Å². The first-order valence-electron chi connectivity index (χ1n) is 12.5. The lowest BCUT2D eigenvalue weighted by Gasteiger charge is -2.54. The van der Waals surface area contributed by atoms with Crippen LogP contribution in [0.4, 0.5) is 0 Å². The quantitative estimate of drug-likeness (QED) is 0.687. The van der Waals surface area contributed by atoms with E-state index in [-0.39, 0.29) is 0 Å². The number of carbonyl (C=O) groups excluding carboxylic acids is 1. The van der Waals surface area contributed by atoms with Crippen LogP contribution in [0.25, 0.3) is 10.9 Å². The molecule has 3 aliphatic heterocycles. The molecule has 4 heterocycles. The van der Waals surface area contributed by atoms with Crippen molar-refractivity contribution in [1.82, 2.24) is 14.4 Å². The van der Waals surface area contributed by atoms with Gasteiger partial charge in [0.05, 0.1) is 6.04 Å². The molecule has 1 aromatic heterocycles. The van der Waals surface area contributed by atoms with Gasteiger partial charge in [-0.3, -0.25) is 9.69 Å². The van der Waals surface area contributed by atoms with Gasteiger partial charge in [-0.25, -0.2) is 0 Å². The van der Waals surface area contributed by atoms with Gasteiger partial charge in [-0.2, -0.15) is 0 Å². The summed E-state index contributed by atoms with van der Waals surface area (Å²) in [7, 11) is 2.10. The maximum absolute atomic E-state index is 13.5. The summed E-state index contributed by atoms with van der Waals surface area (Å²) < 4.78 is 2.19. The molecule has 164 valence electrons. The average Bonchev–Trinajstić information content (AvgIpc) is 3.13. The summed E-state index contributed by atoms with van der Waals surface area (Å²) in [6, 6.07) is 9.69. The Bertz CT molecular complexity index is 1020. The average molecular weight is 418 g/mol. The third kappa shape index (κ3) is 3.34. The van der Waals surface area contributed by atoms with Crippen molar-refractivity contribution >= 4 is 16.8 Å². The summed E-state index contributed by atoms with van der Waals surface area (Å²) in [5, 5.41) is 1.29. The third-order valence-electron chi connectivity index (χ3n) is 8.57. The molecule has 6 rings (SSSR count). The molecule has 4 aliphatic rings. The summed E-state index contributed by atoms with van der Waals surface area (Å²) in [4.78, 5) is 18.5. The second-order valence-electron chi connectivity index (χ2n) is 10.4. The second-order valence-corrected chi connectivity index (χ2v) is 10.4. The number of likely N-dealkylation sites (tertiary alicyclic amines) is 1. The van der Waals surface area contributed by atoms with Crippen molar-refractivity contribution in [3.8, 4) is 0 Å². The molecule has 3 fully saturated rings. The van der Waals surface area contributed by atoms with E-state index in [9.17, 15) is 4.79 Å². The fourth-order valence-electron chi connectivity index (χ4n) is 7.26. The summed E-state index contributed by atoms with van der Waals surface area (Å²) in [5.74, 6) is 1.74. The lowest BCUT2D eigenvalue weighted by atomic mass is 9.68. The van der Waals surface area contributed by atoms with Gasteiger partial charge in [-0.1, -0.05) is 36.3 Å². The van der Waals surface area contributed by atoms with E-state index in [4.69, 9.17) is 0 Å². The standard InChI is InChI=1S/C27H35N3O/c1-28-17-20(23-8-2-3-10-25(23)28)11-12-26(31)30-14-6-7-19-15-21-16-22(27(19)30)18-29-13-5-4-9-24(21)29/h2-3,8,10,15,17,21-22,24,27H,4-7,9,11-14,16,18H2,1H3/t21-,22+,24-,27-/m0/s1. The molecule has 1 aromatic carbocycles. The van der Waals surface area contributed by atoms with Crippen molar-refractivity contribution in [2.75, 3.05) is 19.6 Å². The van der Waals surface area contributed by atoms with Crippen LogP contribution in [0.3, 0.4) is 0 Å². The molecule has 2 aromatic rings. The van der Waals surface area contributed by atoms with E-state index in [0.29, 0.717) is 24.3 Å². The van der Waals surface area contributed by atoms with Crippen molar-refractivity contribution < 1.29 is 4.79 Å². The molecule has 0 saturated carbocycles. The minimum Gasteiger partial charge on any atom is -0.350 e. The SMILES string of the molecule is Cn1cc(CCC(=O)N2CCCC3=C[C@H]4C[C@H](CN5CCCC[C@@H]45)[C@H]32)c2ccccc21. The van der Waals surface area contributed by atoms with Crippen LogP contribution in [0.2, 0.25) is 0 Å². The molecule has 4 heteroatoms. The van der Waals surface area contributed by atoms with Crippen molar-refractivity contribution in [2.24, 2.45) is 18.9 Å². The van der Waals surface area contributed by atoms with E-state index in [1.807, 2.05) is 0 Å². The molecule has 0 radical (unpaired) electrons. The van der Waals surface area contributed by atoms with Gasteiger partial charge in [-0.05, 0) is 68.5 Å². The van der Waals surface area contributed by atoms with Gasteiger partial charge in [-0.15, -0.1) is 0 Å². The third-order valence-corrected chi connectivity index (χ3v) is 8.57. The Kier molecular flexibility index (Phi) is 4.94. The maximum Gasteiger partial charge on any atom is 0.223 e. The number of piperidine rings is 3. The monoisotopic (exact) mass is 417 g/mol. The summed E-state index contributed by atoms with van der Waals surface area (Å²) >= 11 is 0. The van der Waals surface area contributed by atoms with Crippen molar-refractivity contribution in [3.05, 3.63) is 47.7 Å². The molecule has 4 atom stereocenters. The molecule has 31 heavy (non-hydrogen) atoms. The van der Waals surface area contributed by atoms with Crippen LogP contribution >= 0.6 is 0 Å². The van der Waals surface area contributed by atoms with Crippen LogP contribution in [0, 0.1) is 11.8 Å². The van der Waals surface area contributed by atoms with Gasteiger partial charge in [0.1, 0.15) is 0 Å². The maximum atomic E-state index is 13.5. The Morgan fingerprint density at radius 3 is 2.97 bits per heavy atom. The molecule has 2 bridgehead atoms. The van der Waals surface area contributed by atoms with E-state index in [0.717, 1.165) is 31.3 Å². The van der Waals surface area contributed by atoms with Gasteiger partial charge in [0.15, 0.2) is 0 Å². The van der Waals surface area contributed by atoms with E-state index in [1.54, 1.807) is 5.57 Å². The zero-order chi connectivity index (χ0) is 20.9. The number of fused-ring (bicyclic) bond motifs is 7. The smallest absolute Gasteiger partial charge is 0.223 e. The van der Waals surface area contributed by atoms with Gasteiger partial charge < -0.3 is 9.47 Å². The van der Waals surface area contributed by atoms with Crippen molar-refractivity contribution in [1.29, 1.82) is 0 Å². The number of amides is 1. The number of benzene rings is 1. The first-order chi connectivity index (χ1) is 15.2. The molecule has 0 spiro atoms. The lowest BCUT2D eigenvalue weighted by molar-refractivity contribution is -0.136. The highest BCUT2D eigenvalue weighted by Gasteiger charge is 2.46. The summed E-state index contributed by atoms with van der Waals surface area (Å²) in [6.07, 6.45) is 14.0. The van der Waals surface area contributed by atoms with Crippen molar-refractivity contribution in [3.63, 3.8) is 0 Å². The van der Waals surface area contributed by atoms with Crippen LogP contribution in [-0.2, 0) is 18.3 Å². The van der Waals surface area contributed by atoms with Gasteiger partial charge >= 0.3 is 0 Å². The van der Waals surface area contributed by atoms with Crippen LogP contribution in [0.5, 0.6) is 0 Å². The van der Waals surface area contributed by atoms with Crippen LogP contribution in [0.15, 0.2) is 42.1 Å². The van der Waals surface area contributed by atoms with E-state index < -0.39 is 0 Å². The molecule has 0 N–H and O–H groups in total. The van der Waals surface area contributed by atoms with E-state index in [1.165, 1.54) is 61.7 Å². The minimum absolute atomic E-state index is 0.364. The summed E-state index contributed by atoms with van der Waals surface area (Å²) in [5.41, 5.74) is 4.15. The number of hydrogen-bond acceptors (Lipinski definition) is 2. The van der Waals surface area contributed by atoms with Crippen molar-refractivity contribution in [2.45, 2.75) is 63.5 Å². The molecule has 4 nitrogen and oxygen atoms in total. The topological polar surface area (TPSA) is 28.5 Å². The Balaban J connectivity index is 1.21. The summed E-state index contributed by atoms with van der Waals surface area (Å²) in [6.45, 7) is 3.42. The number of hydrogen-bond donors (Lipinski definition) is 0. The number of carbonyl (C=O) groups is 1. The molecule has 3 saturated heterocycles. The predicted octanol–water partition coefficient (Wildman–Crippen LogP) is 4.53. The largest absolute Gasteiger partial charge is 0.350 e. The van der Waals surface area contributed by atoms with E-state index >= 15 is 0 Å². The second kappa shape index (κ2) is 7.81. The lowest BCUT2D eigenvalue weighted by Crippen LogP contribution is -2.60. The minimum atomic E-state index is 0.364. The molecular weight excluding hydrogens is 382 g/mol. The highest BCUT2D eigenvalue weighted by molar-refractivity contribution is 5.85. The fraction of sp³-hybridized carbons (Fsp3) is 0.593. The van der Waals surface area contributed by atoms with Crippen LogP contribution in [0.1, 0.15) is 50.5 Å². The Morgan fingerprint density at radius 2 is 2.03 bits per heavy atom. The van der Waals surface area contributed by atoms with Gasteiger partial charge in [0, 0.05) is 49.7 Å². The molecule has 1 aliphatic carbocycles. The number of rotatable bonds is 3. The van der Waals surface area contributed by atoms with Gasteiger partial charge in [0.2, 0.25) is 5.91 Å². The first kappa shape index (κ1) is 19.6. The fourth-order valence-corrected chi connectivity index (χ4v) is 7.26. The molecule has 1 amide bonds. The zero-order valence-corrected chi connectivity index (χ0v) is 18.8. The number of aryl methyl sites for hydroxylation is 2. The highest BCUT2D eigenvalue weighted by atomic mass is 16.2. The zero-order valence-electron chi connectivity index (χ0n) is 18.8.